The Labute approximate surface area is 168 Å². The number of hydrogen-bond acceptors (Lipinski definition) is 5. The van der Waals surface area contributed by atoms with Crippen molar-refractivity contribution >= 4 is 23.2 Å². The number of nitrogens with zero attached hydrogens (tertiary/aromatic N) is 3. The van der Waals surface area contributed by atoms with E-state index >= 15 is 0 Å². The Morgan fingerprint density at radius 3 is 2.43 bits per heavy atom. The number of benzene rings is 2. The third kappa shape index (κ3) is 3.94. The predicted molar refractivity (Wildman–Crippen MR) is 108 cm³/mol. The number of aromatic nitrogens is 3. The van der Waals surface area contributed by atoms with Gasteiger partial charge in [-0.2, -0.15) is 0 Å². The van der Waals surface area contributed by atoms with Gasteiger partial charge in [-0.3, -0.25) is 4.79 Å². The smallest absolute Gasteiger partial charge is 0.278 e. The van der Waals surface area contributed by atoms with Gasteiger partial charge in [0.05, 0.1) is 31.3 Å². The molecule has 28 heavy (non-hydrogen) atoms. The number of ether oxygens (including phenoxy) is 2. The summed E-state index contributed by atoms with van der Waals surface area (Å²) in [4.78, 5) is 12.9. The number of hydrogen-bond donors (Lipinski definition) is 1. The first-order valence-corrected chi connectivity index (χ1v) is 9.07. The van der Waals surface area contributed by atoms with E-state index in [4.69, 9.17) is 21.1 Å². The third-order valence-electron chi connectivity index (χ3n) is 4.20. The van der Waals surface area contributed by atoms with Crippen LogP contribution in [0.15, 0.2) is 42.5 Å². The molecular weight excluding hydrogens is 380 g/mol. The van der Waals surface area contributed by atoms with E-state index in [1.165, 1.54) is 7.11 Å². The maximum Gasteiger partial charge on any atom is 0.278 e. The van der Waals surface area contributed by atoms with Gasteiger partial charge in [0.25, 0.3) is 5.91 Å². The van der Waals surface area contributed by atoms with Crippen LogP contribution in [-0.4, -0.2) is 35.1 Å². The van der Waals surface area contributed by atoms with Crippen LogP contribution in [0.25, 0.3) is 5.69 Å². The molecule has 1 N–H and O–H groups in total. The molecule has 0 aliphatic heterocycles. The van der Waals surface area contributed by atoms with Gasteiger partial charge in [-0.1, -0.05) is 30.7 Å². The predicted octanol–water partition coefficient (Wildman–Crippen LogP) is 4.31. The van der Waals surface area contributed by atoms with Gasteiger partial charge in [0, 0.05) is 11.1 Å². The number of nitrogens with one attached hydrogen (secondary N) is 1. The number of halogens is 1. The Morgan fingerprint density at radius 2 is 1.82 bits per heavy atom. The first-order chi connectivity index (χ1) is 13.4. The maximum absolute atomic E-state index is 12.9. The zero-order valence-electron chi connectivity index (χ0n) is 16.1. The highest BCUT2D eigenvalue weighted by Gasteiger charge is 2.24. The van der Waals surface area contributed by atoms with E-state index in [1.807, 2.05) is 26.0 Å². The highest BCUT2D eigenvalue weighted by Crippen LogP contribution is 2.30. The molecule has 1 heterocycles. The standard InChI is InChI=1S/C20H21ClN4O3/c1-12(2)19-18(23-24-25(19)14-7-5-13(21)6-8-14)20(26)22-16-10-9-15(27-3)11-17(16)28-4/h5-12H,1-4H3,(H,22,26). The molecule has 0 aliphatic rings. The summed E-state index contributed by atoms with van der Waals surface area (Å²) >= 11 is 5.97. The van der Waals surface area contributed by atoms with Crippen LogP contribution in [0.2, 0.25) is 5.02 Å². The number of carbonyl (C=O) groups excluding carboxylic acids is 1. The second kappa shape index (κ2) is 8.31. The number of rotatable bonds is 6. The van der Waals surface area contributed by atoms with Crippen LogP contribution in [0.1, 0.15) is 35.9 Å². The van der Waals surface area contributed by atoms with E-state index in [-0.39, 0.29) is 17.5 Å². The van der Waals surface area contributed by atoms with Crippen molar-refractivity contribution in [1.82, 2.24) is 15.0 Å². The van der Waals surface area contributed by atoms with Crippen molar-refractivity contribution in [3.8, 4) is 17.2 Å². The van der Waals surface area contributed by atoms with Gasteiger partial charge in [0.1, 0.15) is 11.5 Å². The normalized spacial score (nSPS) is 10.8. The first-order valence-electron chi connectivity index (χ1n) is 8.69. The molecule has 1 amide bonds. The fourth-order valence-electron chi connectivity index (χ4n) is 2.83. The van der Waals surface area contributed by atoms with Gasteiger partial charge < -0.3 is 14.8 Å². The molecule has 0 saturated heterocycles. The lowest BCUT2D eigenvalue weighted by Crippen LogP contribution is -2.16. The van der Waals surface area contributed by atoms with Crippen molar-refractivity contribution in [2.45, 2.75) is 19.8 Å². The SMILES string of the molecule is COc1ccc(NC(=O)c2nnn(-c3ccc(Cl)cc3)c2C(C)C)c(OC)c1. The lowest BCUT2D eigenvalue weighted by molar-refractivity contribution is 0.102. The highest BCUT2D eigenvalue weighted by atomic mass is 35.5. The molecule has 1 aromatic heterocycles. The zero-order chi connectivity index (χ0) is 20.3. The van der Waals surface area contributed by atoms with Crippen molar-refractivity contribution in [1.29, 1.82) is 0 Å². The molecule has 0 fully saturated rings. The Kier molecular flexibility index (Phi) is 5.84. The monoisotopic (exact) mass is 400 g/mol. The van der Waals surface area contributed by atoms with Crippen LogP contribution < -0.4 is 14.8 Å². The summed E-state index contributed by atoms with van der Waals surface area (Å²) in [7, 11) is 3.10. The molecule has 2 aromatic carbocycles. The summed E-state index contributed by atoms with van der Waals surface area (Å²) in [6.45, 7) is 3.96. The minimum Gasteiger partial charge on any atom is -0.497 e. The Bertz CT molecular complexity index is 984. The van der Waals surface area contributed by atoms with Crippen molar-refractivity contribution in [2.24, 2.45) is 0 Å². The molecule has 0 atom stereocenters. The lowest BCUT2D eigenvalue weighted by Gasteiger charge is -2.13. The van der Waals surface area contributed by atoms with Crippen LogP contribution in [0.4, 0.5) is 5.69 Å². The van der Waals surface area contributed by atoms with Crippen molar-refractivity contribution in [2.75, 3.05) is 19.5 Å². The van der Waals surface area contributed by atoms with E-state index in [0.717, 1.165) is 5.69 Å². The fraction of sp³-hybridized carbons (Fsp3) is 0.250. The number of amides is 1. The Morgan fingerprint density at radius 1 is 1.11 bits per heavy atom. The summed E-state index contributed by atoms with van der Waals surface area (Å²) in [6, 6.07) is 12.4. The van der Waals surface area contributed by atoms with E-state index < -0.39 is 0 Å². The van der Waals surface area contributed by atoms with Gasteiger partial charge in [-0.05, 0) is 42.3 Å². The van der Waals surface area contributed by atoms with Crippen molar-refractivity contribution in [3.63, 3.8) is 0 Å². The number of methoxy groups -OCH3 is 2. The third-order valence-corrected chi connectivity index (χ3v) is 4.45. The van der Waals surface area contributed by atoms with E-state index in [1.54, 1.807) is 42.1 Å². The molecular formula is C20H21ClN4O3. The number of carbonyl (C=O) groups is 1. The molecule has 0 bridgehead atoms. The summed E-state index contributed by atoms with van der Waals surface area (Å²) in [5, 5.41) is 11.8. The molecule has 3 rings (SSSR count). The topological polar surface area (TPSA) is 78.3 Å². The van der Waals surface area contributed by atoms with Crippen LogP contribution in [0.5, 0.6) is 11.5 Å². The largest absolute Gasteiger partial charge is 0.497 e. The van der Waals surface area contributed by atoms with Crippen LogP contribution in [-0.2, 0) is 0 Å². The van der Waals surface area contributed by atoms with Crippen LogP contribution in [0, 0.1) is 0 Å². The molecule has 146 valence electrons. The molecule has 0 saturated carbocycles. The molecule has 3 aromatic rings. The van der Waals surface area contributed by atoms with E-state index in [0.29, 0.717) is 27.9 Å². The van der Waals surface area contributed by atoms with Gasteiger partial charge >= 0.3 is 0 Å². The van der Waals surface area contributed by atoms with Gasteiger partial charge in [-0.25, -0.2) is 4.68 Å². The Hall–Kier alpha value is -3.06. The summed E-state index contributed by atoms with van der Waals surface area (Å²) in [6.07, 6.45) is 0. The fourth-order valence-corrected chi connectivity index (χ4v) is 2.95. The molecule has 7 nitrogen and oxygen atoms in total. The lowest BCUT2D eigenvalue weighted by atomic mass is 10.1. The summed E-state index contributed by atoms with van der Waals surface area (Å²) in [5.74, 6) is 0.770. The summed E-state index contributed by atoms with van der Waals surface area (Å²) < 4.78 is 12.2. The van der Waals surface area contributed by atoms with Crippen molar-refractivity contribution < 1.29 is 14.3 Å². The molecule has 0 unspecified atom stereocenters. The summed E-state index contributed by atoms with van der Waals surface area (Å²) in [5.41, 5.74) is 2.25. The van der Waals surface area contributed by atoms with Gasteiger partial charge in [0.2, 0.25) is 0 Å². The number of anilines is 1. The van der Waals surface area contributed by atoms with E-state index in [2.05, 4.69) is 15.6 Å². The highest BCUT2D eigenvalue weighted by molar-refractivity contribution is 6.30. The zero-order valence-corrected chi connectivity index (χ0v) is 16.8. The second-order valence-corrected chi connectivity index (χ2v) is 6.82. The Balaban J connectivity index is 1.95. The van der Waals surface area contributed by atoms with Gasteiger partial charge in [-0.15, -0.1) is 5.10 Å². The first kappa shape index (κ1) is 19.7. The average Bonchev–Trinajstić information content (AvgIpc) is 3.14. The maximum atomic E-state index is 12.9. The average molecular weight is 401 g/mol. The minimum atomic E-state index is -0.368. The van der Waals surface area contributed by atoms with Crippen molar-refractivity contribution in [3.05, 3.63) is 58.9 Å². The second-order valence-electron chi connectivity index (χ2n) is 6.39. The van der Waals surface area contributed by atoms with Crippen LogP contribution in [0.3, 0.4) is 0 Å². The molecule has 0 aliphatic carbocycles. The van der Waals surface area contributed by atoms with E-state index in [9.17, 15) is 4.79 Å². The van der Waals surface area contributed by atoms with Crippen LogP contribution >= 0.6 is 11.6 Å². The quantitative estimate of drug-likeness (QED) is 0.666. The molecule has 0 radical (unpaired) electrons. The molecule has 0 spiro atoms. The minimum absolute atomic E-state index is 0.0178. The molecule has 8 heteroatoms. The van der Waals surface area contributed by atoms with Gasteiger partial charge in [0.15, 0.2) is 5.69 Å².